The maximum Gasteiger partial charge on any atom is 0.164 e. The van der Waals surface area contributed by atoms with Crippen LogP contribution in [0, 0.1) is 19.7 Å². The van der Waals surface area contributed by atoms with Crippen LogP contribution in [0.5, 0.6) is 0 Å². The highest BCUT2D eigenvalue weighted by atomic mass is 19.1. The summed E-state index contributed by atoms with van der Waals surface area (Å²) >= 11 is 0. The SMILES string of the molecule is Cc1ccc(N(C)CCC(=O)c2cccc(F)c2)c(C)c1. The van der Waals surface area contributed by atoms with E-state index in [1.807, 2.05) is 7.05 Å². The number of nitrogens with zero attached hydrogens (tertiary/aromatic N) is 1. The summed E-state index contributed by atoms with van der Waals surface area (Å²) in [5, 5.41) is 0. The number of rotatable bonds is 5. The van der Waals surface area contributed by atoms with Gasteiger partial charge < -0.3 is 4.90 Å². The van der Waals surface area contributed by atoms with Crippen LogP contribution in [0.3, 0.4) is 0 Å². The molecule has 0 bridgehead atoms. The summed E-state index contributed by atoms with van der Waals surface area (Å²) in [7, 11) is 1.97. The van der Waals surface area contributed by atoms with Gasteiger partial charge in [-0.05, 0) is 37.6 Å². The van der Waals surface area contributed by atoms with Gasteiger partial charge in [0.05, 0.1) is 0 Å². The van der Waals surface area contributed by atoms with Crippen LogP contribution in [0.2, 0.25) is 0 Å². The zero-order valence-electron chi connectivity index (χ0n) is 12.7. The van der Waals surface area contributed by atoms with Crippen molar-refractivity contribution < 1.29 is 9.18 Å². The lowest BCUT2D eigenvalue weighted by molar-refractivity contribution is 0.0984. The summed E-state index contributed by atoms with van der Waals surface area (Å²) in [6, 6.07) is 12.1. The second-order valence-corrected chi connectivity index (χ2v) is 5.40. The van der Waals surface area contributed by atoms with Crippen LogP contribution >= 0.6 is 0 Å². The van der Waals surface area contributed by atoms with Crippen LogP contribution in [0.1, 0.15) is 27.9 Å². The highest BCUT2D eigenvalue weighted by molar-refractivity contribution is 5.96. The van der Waals surface area contributed by atoms with Crippen LogP contribution < -0.4 is 4.90 Å². The summed E-state index contributed by atoms with van der Waals surface area (Å²) in [5.41, 5.74) is 3.97. The molecular formula is C18H20FNO. The number of carbonyl (C=O) groups is 1. The molecular weight excluding hydrogens is 265 g/mol. The quantitative estimate of drug-likeness (QED) is 0.769. The fraction of sp³-hybridized carbons (Fsp3) is 0.278. The van der Waals surface area contributed by atoms with Crippen molar-refractivity contribution in [1.82, 2.24) is 0 Å². The van der Waals surface area contributed by atoms with Gasteiger partial charge in [-0.2, -0.15) is 0 Å². The Morgan fingerprint density at radius 1 is 1.14 bits per heavy atom. The molecule has 0 aliphatic rings. The molecule has 110 valence electrons. The monoisotopic (exact) mass is 285 g/mol. The van der Waals surface area contributed by atoms with Gasteiger partial charge in [0, 0.05) is 31.3 Å². The number of anilines is 1. The molecule has 0 unspecified atom stereocenters. The van der Waals surface area contributed by atoms with Gasteiger partial charge in [0.25, 0.3) is 0 Å². The number of aryl methyl sites for hydroxylation is 2. The molecule has 2 rings (SSSR count). The van der Waals surface area contributed by atoms with Gasteiger partial charge >= 0.3 is 0 Å². The van der Waals surface area contributed by atoms with Crippen molar-refractivity contribution in [2.45, 2.75) is 20.3 Å². The number of hydrogen-bond donors (Lipinski definition) is 0. The third-order valence-electron chi connectivity index (χ3n) is 3.58. The molecule has 2 aromatic carbocycles. The van der Waals surface area contributed by atoms with Gasteiger partial charge in [-0.25, -0.2) is 4.39 Å². The first-order chi connectivity index (χ1) is 9.97. The van der Waals surface area contributed by atoms with Crippen molar-refractivity contribution in [2.75, 3.05) is 18.5 Å². The minimum atomic E-state index is -0.372. The summed E-state index contributed by atoms with van der Waals surface area (Å²) in [6.07, 6.45) is 0.368. The number of ketones is 1. The molecule has 0 aliphatic carbocycles. The molecule has 2 nitrogen and oxygen atoms in total. The summed E-state index contributed by atoms with van der Waals surface area (Å²) in [5.74, 6) is -0.408. The van der Waals surface area contributed by atoms with Gasteiger partial charge in [0.15, 0.2) is 5.78 Å². The maximum absolute atomic E-state index is 13.1. The van der Waals surface area contributed by atoms with Crippen LogP contribution in [0.15, 0.2) is 42.5 Å². The summed E-state index contributed by atoms with van der Waals surface area (Å²) in [4.78, 5) is 14.1. The van der Waals surface area contributed by atoms with Gasteiger partial charge in [0.1, 0.15) is 5.82 Å². The summed E-state index contributed by atoms with van der Waals surface area (Å²) in [6.45, 7) is 4.73. The van der Waals surface area contributed by atoms with E-state index in [0.29, 0.717) is 18.5 Å². The Balaban J connectivity index is 2.00. The molecule has 0 saturated heterocycles. The Kier molecular flexibility index (Phi) is 4.73. The van der Waals surface area contributed by atoms with E-state index in [-0.39, 0.29) is 11.6 Å². The fourth-order valence-corrected chi connectivity index (χ4v) is 2.43. The molecule has 0 saturated carbocycles. The van der Waals surface area contributed by atoms with Crippen LogP contribution in [0.4, 0.5) is 10.1 Å². The normalized spacial score (nSPS) is 10.5. The topological polar surface area (TPSA) is 20.3 Å². The average Bonchev–Trinajstić information content (AvgIpc) is 2.44. The molecule has 2 aromatic rings. The largest absolute Gasteiger partial charge is 0.374 e. The highest BCUT2D eigenvalue weighted by Gasteiger charge is 2.10. The highest BCUT2D eigenvalue weighted by Crippen LogP contribution is 2.20. The van der Waals surface area contributed by atoms with Crippen molar-refractivity contribution in [3.63, 3.8) is 0 Å². The first-order valence-electron chi connectivity index (χ1n) is 7.04. The predicted octanol–water partition coefficient (Wildman–Crippen LogP) is 4.15. The van der Waals surface area contributed by atoms with E-state index in [0.717, 1.165) is 5.69 Å². The van der Waals surface area contributed by atoms with Crippen molar-refractivity contribution >= 4 is 11.5 Å². The smallest absolute Gasteiger partial charge is 0.164 e. The lowest BCUT2D eigenvalue weighted by Crippen LogP contribution is -2.22. The Labute approximate surface area is 125 Å². The van der Waals surface area contributed by atoms with Crippen LogP contribution in [-0.4, -0.2) is 19.4 Å². The molecule has 0 radical (unpaired) electrons. The number of carbonyl (C=O) groups excluding carboxylic acids is 1. The van der Waals surface area contributed by atoms with Crippen molar-refractivity contribution in [3.05, 3.63) is 65.0 Å². The molecule has 0 amide bonds. The molecule has 0 aliphatic heterocycles. The fourth-order valence-electron chi connectivity index (χ4n) is 2.43. The predicted molar refractivity (Wildman–Crippen MR) is 84.5 cm³/mol. The van der Waals surface area contributed by atoms with E-state index < -0.39 is 0 Å². The van der Waals surface area contributed by atoms with E-state index in [2.05, 4.69) is 36.9 Å². The van der Waals surface area contributed by atoms with E-state index in [1.165, 1.54) is 23.3 Å². The minimum Gasteiger partial charge on any atom is -0.374 e. The van der Waals surface area contributed by atoms with Crippen molar-refractivity contribution in [1.29, 1.82) is 0 Å². The zero-order valence-corrected chi connectivity index (χ0v) is 12.7. The molecule has 3 heteroatoms. The zero-order chi connectivity index (χ0) is 15.4. The van der Waals surface area contributed by atoms with Gasteiger partial charge in [0.2, 0.25) is 0 Å². The molecule has 0 fully saturated rings. The Bertz CT molecular complexity index is 651. The molecule has 0 spiro atoms. The first kappa shape index (κ1) is 15.2. The first-order valence-corrected chi connectivity index (χ1v) is 7.04. The second kappa shape index (κ2) is 6.53. The number of hydrogen-bond acceptors (Lipinski definition) is 2. The molecule has 0 N–H and O–H groups in total. The van der Waals surface area contributed by atoms with Crippen molar-refractivity contribution in [3.8, 4) is 0 Å². The van der Waals surface area contributed by atoms with Crippen LogP contribution in [0.25, 0.3) is 0 Å². The molecule has 21 heavy (non-hydrogen) atoms. The van der Waals surface area contributed by atoms with Gasteiger partial charge in [-0.15, -0.1) is 0 Å². The third kappa shape index (κ3) is 3.91. The second-order valence-electron chi connectivity index (χ2n) is 5.40. The Morgan fingerprint density at radius 2 is 1.90 bits per heavy atom. The van der Waals surface area contributed by atoms with E-state index in [4.69, 9.17) is 0 Å². The number of benzene rings is 2. The van der Waals surface area contributed by atoms with E-state index >= 15 is 0 Å². The Hall–Kier alpha value is -2.16. The van der Waals surface area contributed by atoms with E-state index in [9.17, 15) is 9.18 Å². The lowest BCUT2D eigenvalue weighted by Gasteiger charge is -2.21. The van der Waals surface area contributed by atoms with Gasteiger partial charge in [-0.1, -0.05) is 29.8 Å². The number of halogens is 1. The third-order valence-corrected chi connectivity index (χ3v) is 3.58. The Morgan fingerprint density at radius 3 is 2.57 bits per heavy atom. The maximum atomic E-state index is 13.1. The molecule has 0 heterocycles. The molecule has 0 aromatic heterocycles. The standard InChI is InChI=1S/C18H20FNO/c1-13-7-8-17(14(2)11-13)20(3)10-9-18(21)15-5-4-6-16(19)12-15/h4-8,11-12H,9-10H2,1-3H3. The lowest BCUT2D eigenvalue weighted by atomic mass is 10.1. The van der Waals surface area contributed by atoms with Crippen molar-refractivity contribution in [2.24, 2.45) is 0 Å². The minimum absolute atomic E-state index is 0.0360. The average molecular weight is 285 g/mol. The van der Waals surface area contributed by atoms with Gasteiger partial charge in [-0.3, -0.25) is 4.79 Å². The molecule has 0 atom stereocenters. The van der Waals surface area contributed by atoms with Crippen LogP contribution in [-0.2, 0) is 0 Å². The van der Waals surface area contributed by atoms with E-state index in [1.54, 1.807) is 12.1 Å². The summed E-state index contributed by atoms with van der Waals surface area (Å²) < 4.78 is 13.1. The number of Topliss-reactive ketones (excluding diaryl/α,β-unsaturated/α-hetero) is 1.